The zero-order valence-corrected chi connectivity index (χ0v) is 8.84. The van der Waals surface area contributed by atoms with Gasteiger partial charge in [-0.15, -0.1) is 11.8 Å². The number of ether oxygens (including phenoxy) is 1. The van der Waals surface area contributed by atoms with Gasteiger partial charge in [0.2, 0.25) is 0 Å². The number of benzene rings is 1. The third kappa shape index (κ3) is 2.10. The number of hydrogen-bond acceptors (Lipinski definition) is 3. The molecule has 0 amide bonds. The molecule has 0 aromatic heterocycles. The first kappa shape index (κ1) is 9.59. The topological polar surface area (TPSA) is 26.3 Å². The molecule has 1 aromatic rings. The Morgan fingerprint density at radius 2 is 2.29 bits per heavy atom. The van der Waals surface area contributed by atoms with E-state index in [2.05, 4.69) is 0 Å². The Bertz CT molecular complexity index is 345. The lowest BCUT2D eigenvalue weighted by Crippen LogP contribution is -1.96. The van der Waals surface area contributed by atoms with Crippen LogP contribution in [-0.4, -0.2) is 18.6 Å². The maximum Gasteiger partial charge on any atom is 0.151 e. The molecule has 0 spiro atoms. The van der Waals surface area contributed by atoms with Crippen LogP contribution >= 0.6 is 11.8 Å². The van der Waals surface area contributed by atoms with Crippen LogP contribution < -0.4 is 4.74 Å². The fourth-order valence-corrected chi connectivity index (χ4v) is 1.83. The Morgan fingerprint density at radius 1 is 1.50 bits per heavy atom. The van der Waals surface area contributed by atoms with E-state index in [0.717, 1.165) is 35.3 Å². The third-order valence-corrected chi connectivity index (χ3v) is 2.95. The van der Waals surface area contributed by atoms with Gasteiger partial charge in [-0.1, -0.05) is 0 Å². The Kier molecular flexibility index (Phi) is 2.77. The standard InChI is InChI=1S/C11H12O2S/c1-14-11-6-10(13-9-4-5-9)3-2-8(11)7-12/h2-3,6-7,9H,4-5H2,1H3. The molecule has 14 heavy (non-hydrogen) atoms. The number of thioether (sulfide) groups is 1. The molecule has 1 fully saturated rings. The molecule has 0 N–H and O–H groups in total. The largest absolute Gasteiger partial charge is 0.490 e. The summed E-state index contributed by atoms with van der Waals surface area (Å²) < 4.78 is 5.64. The summed E-state index contributed by atoms with van der Waals surface area (Å²) in [7, 11) is 0. The smallest absolute Gasteiger partial charge is 0.151 e. The second-order valence-corrected chi connectivity index (χ2v) is 4.19. The van der Waals surface area contributed by atoms with Crippen molar-refractivity contribution < 1.29 is 9.53 Å². The van der Waals surface area contributed by atoms with Gasteiger partial charge in [-0.05, 0) is 37.3 Å². The van der Waals surface area contributed by atoms with Gasteiger partial charge in [0.15, 0.2) is 6.29 Å². The van der Waals surface area contributed by atoms with Gasteiger partial charge in [-0.2, -0.15) is 0 Å². The van der Waals surface area contributed by atoms with Gasteiger partial charge in [0.1, 0.15) is 5.75 Å². The van der Waals surface area contributed by atoms with Crippen LogP contribution in [0.1, 0.15) is 23.2 Å². The zero-order valence-electron chi connectivity index (χ0n) is 8.03. The molecule has 0 atom stereocenters. The SMILES string of the molecule is CSc1cc(OC2CC2)ccc1C=O. The molecule has 0 unspecified atom stereocenters. The molecule has 1 saturated carbocycles. The lowest BCUT2D eigenvalue weighted by molar-refractivity contribution is 0.112. The van der Waals surface area contributed by atoms with Crippen molar-refractivity contribution in [2.75, 3.05) is 6.26 Å². The van der Waals surface area contributed by atoms with Crippen molar-refractivity contribution in [1.29, 1.82) is 0 Å². The highest BCUT2D eigenvalue weighted by Gasteiger charge is 2.23. The highest BCUT2D eigenvalue weighted by Crippen LogP contribution is 2.30. The maximum atomic E-state index is 10.7. The normalized spacial score (nSPS) is 15.2. The number of aldehydes is 1. The van der Waals surface area contributed by atoms with Gasteiger partial charge in [0, 0.05) is 10.5 Å². The summed E-state index contributed by atoms with van der Waals surface area (Å²) in [4.78, 5) is 11.7. The van der Waals surface area contributed by atoms with Crippen molar-refractivity contribution in [3.8, 4) is 5.75 Å². The first-order chi connectivity index (χ1) is 6.83. The van der Waals surface area contributed by atoms with Gasteiger partial charge in [0.25, 0.3) is 0 Å². The van der Waals surface area contributed by atoms with Crippen molar-refractivity contribution in [3.63, 3.8) is 0 Å². The van der Waals surface area contributed by atoms with E-state index < -0.39 is 0 Å². The lowest BCUT2D eigenvalue weighted by Gasteiger charge is -2.07. The van der Waals surface area contributed by atoms with E-state index in [1.165, 1.54) is 0 Å². The number of rotatable bonds is 4. The van der Waals surface area contributed by atoms with E-state index in [9.17, 15) is 4.79 Å². The molecule has 0 heterocycles. The lowest BCUT2D eigenvalue weighted by atomic mass is 10.2. The predicted molar refractivity (Wildman–Crippen MR) is 57.3 cm³/mol. The summed E-state index contributed by atoms with van der Waals surface area (Å²) in [5.41, 5.74) is 0.737. The monoisotopic (exact) mass is 208 g/mol. The number of carbonyl (C=O) groups is 1. The Balaban J connectivity index is 2.20. The second-order valence-electron chi connectivity index (χ2n) is 3.34. The quantitative estimate of drug-likeness (QED) is 0.562. The molecule has 0 saturated heterocycles. The van der Waals surface area contributed by atoms with Crippen LogP contribution in [0.2, 0.25) is 0 Å². The van der Waals surface area contributed by atoms with Gasteiger partial charge in [-0.25, -0.2) is 0 Å². The fraction of sp³-hybridized carbons (Fsp3) is 0.364. The van der Waals surface area contributed by atoms with E-state index in [1.807, 2.05) is 24.5 Å². The van der Waals surface area contributed by atoms with Crippen LogP contribution in [-0.2, 0) is 0 Å². The van der Waals surface area contributed by atoms with Crippen LogP contribution in [0.25, 0.3) is 0 Å². The molecular formula is C11H12O2S. The predicted octanol–water partition coefficient (Wildman–Crippen LogP) is 2.76. The molecule has 3 heteroatoms. The number of hydrogen-bond donors (Lipinski definition) is 0. The molecular weight excluding hydrogens is 196 g/mol. The maximum absolute atomic E-state index is 10.7. The van der Waals surface area contributed by atoms with Crippen LogP contribution in [0.5, 0.6) is 5.75 Å². The second kappa shape index (κ2) is 4.05. The zero-order chi connectivity index (χ0) is 9.97. The van der Waals surface area contributed by atoms with E-state index >= 15 is 0 Å². The van der Waals surface area contributed by atoms with Crippen molar-refractivity contribution in [3.05, 3.63) is 23.8 Å². The Labute approximate surface area is 87.6 Å². The molecule has 2 nitrogen and oxygen atoms in total. The van der Waals surface area contributed by atoms with Crippen LogP contribution in [0.15, 0.2) is 23.1 Å². The Morgan fingerprint density at radius 3 is 2.86 bits per heavy atom. The van der Waals surface area contributed by atoms with Crippen LogP contribution in [0, 0.1) is 0 Å². The fourth-order valence-electron chi connectivity index (χ4n) is 1.24. The first-order valence-electron chi connectivity index (χ1n) is 4.63. The van der Waals surface area contributed by atoms with Crippen molar-refractivity contribution in [2.24, 2.45) is 0 Å². The minimum absolute atomic E-state index is 0.409. The van der Waals surface area contributed by atoms with Gasteiger partial charge in [-0.3, -0.25) is 4.79 Å². The highest BCUT2D eigenvalue weighted by molar-refractivity contribution is 7.98. The molecule has 74 valence electrons. The van der Waals surface area contributed by atoms with E-state index in [4.69, 9.17) is 4.74 Å². The van der Waals surface area contributed by atoms with Crippen molar-refractivity contribution in [1.82, 2.24) is 0 Å². The van der Waals surface area contributed by atoms with E-state index in [-0.39, 0.29) is 0 Å². The summed E-state index contributed by atoms with van der Waals surface area (Å²) in [6, 6.07) is 5.62. The third-order valence-electron chi connectivity index (χ3n) is 2.16. The Hall–Kier alpha value is -0.960. The minimum atomic E-state index is 0.409. The molecule has 1 aromatic carbocycles. The minimum Gasteiger partial charge on any atom is -0.490 e. The summed E-state index contributed by atoms with van der Waals surface area (Å²) in [6.45, 7) is 0. The van der Waals surface area contributed by atoms with Crippen molar-refractivity contribution >= 4 is 18.0 Å². The summed E-state index contributed by atoms with van der Waals surface area (Å²) in [5.74, 6) is 0.877. The van der Waals surface area contributed by atoms with Gasteiger partial charge in [0.05, 0.1) is 6.10 Å². The van der Waals surface area contributed by atoms with E-state index in [1.54, 1.807) is 11.8 Å². The molecule has 2 rings (SSSR count). The molecule has 1 aliphatic rings. The number of carbonyl (C=O) groups excluding carboxylic acids is 1. The van der Waals surface area contributed by atoms with Crippen molar-refractivity contribution in [2.45, 2.75) is 23.8 Å². The highest BCUT2D eigenvalue weighted by atomic mass is 32.2. The average molecular weight is 208 g/mol. The summed E-state index contributed by atoms with van der Waals surface area (Å²) in [5, 5.41) is 0. The van der Waals surface area contributed by atoms with E-state index in [0.29, 0.717) is 6.10 Å². The molecule has 0 bridgehead atoms. The van der Waals surface area contributed by atoms with Crippen LogP contribution in [0.4, 0.5) is 0 Å². The van der Waals surface area contributed by atoms with Crippen LogP contribution in [0.3, 0.4) is 0 Å². The van der Waals surface area contributed by atoms with Gasteiger partial charge >= 0.3 is 0 Å². The van der Waals surface area contributed by atoms with Gasteiger partial charge < -0.3 is 4.74 Å². The molecule has 0 radical (unpaired) electrons. The molecule has 0 aliphatic heterocycles. The molecule has 1 aliphatic carbocycles. The summed E-state index contributed by atoms with van der Waals surface area (Å²) in [6.07, 6.45) is 5.57. The summed E-state index contributed by atoms with van der Waals surface area (Å²) >= 11 is 1.57. The average Bonchev–Trinajstić information content (AvgIpc) is 3.01. The first-order valence-corrected chi connectivity index (χ1v) is 5.86.